The summed E-state index contributed by atoms with van der Waals surface area (Å²) in [7, 11) is 0. The molecule has 0 radical (unpaired) electrons. The summed E-state index contributed by atoms with van der Waals surface area (Å²) in [6.07, 6.45) is 8.66. The SMILES string of the molecule is C[C@@H]1CNC[C@H](C)N1C(=O)c1cn2c3c(cccc13)OC[C@H]2C1CCCCC1. The lowest BCUT2D eigenvalue weighted by atomic mass is 9.83. The van der Waals surface area contributed by atoms with E-state index < -0.39 is 0 Å². The van der Waals surface area contributed by atoms with Crippen molar-refractivity contribution >= 4 is 16.8 Å². The molecule has 0 bridgehead atoms. The molecule has 5 nitrogen and oxygen atoms in total. The maximum Gasteiger partial charge on any atom is 0.256 e. The molecule has 3 atom stereocenters. The summed E-state index contributed by atoms with van der Waals surface area (Å²) in [4.78, 5) is 15.7. The normalized spacial score (nSPS) is 28.4. The first kappa shape index (κ1) is 18.0. The van der Waals surface area contributed by atoms with E-state index in [0.717, 1.165) is 41.9 Å². The third kappa shape index (κ3) is 2.83. The Morgan fingerprint density at radius 2 is 1.86 bits per heavy atom. The summed E-state index contributed by atoms with van der Waals surface area (Å²) in [5.41, 5.74) is 1.95. The molecular weight excluding hydrogens is 350 g/mol. The molecule has 1 amide bonds. The van der Waals surface area contributed by atoms with Crippen LogP contribution in [0.4, 0.5) is 0 Å². The highest BCUT2D eigenvalue weighted by atomic mass is 16.5. The Morgan fingerprint density at radius 3 is 2.61 bits per heavy atom. The van der Waals surface area contributed by atoms with E-state index in [1.54, 1.807) is 0 Å². The van der Waals surface area contributed by atoms with Gasteiger partial charge in [-0.05, 0) is 38.7 Å². The Labute approximate surface area is 167 Å². The molecule has 150 valence electrons. The second-order valence-electron chi connectivity index (χ2n) is 8.95. The average molecular weight is 382 g/mol. The summed E-state index contributed by atoms with van der Waals surface area (Å²) in [6, 6.07) is 6.90. The van der Waals surface area contributed by atoms with Crippen LogP contribution in [0.25, 0.3) is 10.9 Å². The smallest absolute Gasteiger partial charge is 0.256 e. The molecule has 0 unspecified atom stereocenters. The molecule has 3 aliphatic rings. The lowest BCUT2D eigenvalue weighted by Crippen LogP contribution is -2.57. The van der Waals surface area contributed by atoms with E-state index in [4.69, 9.17) is 4.74 Å². The number of carbonyl (C=O) groups is 1. The monoisotopic (exact) mass is 381 g/mol. The van der Waals surface area contributed by atoms with Crippen LogP contribution in [-0.2, 0) is 0 Å². The molecule has 1 saturated heterocycles. The van der Waals surface area contributed by atoms with E-state index in [9.17, 15) is 4.79 Å². The molecule has 0 spiro atoms. The Kier molecular flexibility index (Phi) is 4.58. The first-order chi connectivity index (χ1) is 13.6. The Hall–Kier alpha value is -2.01. The number of hydrogen-bond donors (Lipinski definition) is 1. The molecule has 28 heavy (non-hydrogen) atoms. The number of carbonyl (C=O) groups excluding carboxylic acids is 1. The van der Waals surface area contributed by atoms with Crippen molar-refractivity contribution in [1.82, 2.24) is 14.8 Å². The van der Waals surface area contributed by atoms with E-state index in [-0.39, 0.29) is 18.0 Å². The number of ether oxygens (including phenoxy) is 1. The summed E-state index contributed by atoms with van der Waals surface area (Å²) in [6.45, 7) is 6.70. The van der Waals surface area contributed by atoms with Gasteiger partial charge in [-0.2, -0.15) is 0 Å². The zero-order valence-electron chi connectivity index (χ0n) is 17.0. The minimum Gasteiger partial charge on any atom is -0.489 e. The molecule has 2 aliphatic heterocycles. The van der Waals surface area contributed by atoms with Crippen LogP contribution in [0.15, 0.2) is 24.4 Å². The number of piperazine rings is 1. The van der Waals surface area contributed by atoms with Crippen LogP contribution in [0.5, 0.6) is 5.75 Å². The lowest BCUT2D eigenvalue weighted by Gasteiger charge is -2.39. The van der Waals surface area contributed by atoms with E-state index in [1.807, 2.05) is 12.1 Å². The number of amides is 1. The fourth-order valence-electron chi connectivity index (χ4n) is 5.64. The van der Waals surface area contributed by atoms with Crippen LogP contribution in [0.3, 0.4) is 0 Å². The largest absolute Gasteiger partial charge is 0.489 e. The van der Waals surface area contributed by atoms with Crippen molar-refractivity contribution in [2.24, 2.45) is 5.92 Å². The number of para-hydroxylation sites is 1. The van der Waals surface area contributed by atoms with Crippen molar-refractivity contribution in [3.8, 4) is 5.75 Å². The van der Waals surface area contributed by atoms with Crippen LogP contribution in [0.2, 0.25) is 0 Å². The molecule has 5 rings (SSSR count). The Morgan fingerprint density at radius 1 is 1.11 bits per heavy atom. The minimum absolute atomic E-state index is 0.159. The highest BCUT2D eigenvalue weighted by molar-refractivity contribution is 6.08. The number of hydrogen-bond acceptors (Lipinski definition) is 3. The maximum atomic E-state index is 13.6. The molecule has 1 aromatic heterocycles. The first-order valence-corrected chi connectivity index (χ1v) is 10.9. The molecule has 2 aromatic rings. The summed E-state index contributed by atoms with van der Waals surface area (Å²) in [5, 5.41) is 4.47. The van der Waals surface area contributed by atoms with E-state index >= 15 is 0 Å². The van der Waals surface area contributed by atoms with Crippen molar-refractivity contribution in [1.29, 1.82) is 0 Å². The molecular formula is C23H31N3O2. The van der Waals surface area contributed by atoms with Gasteiger partial charge in [-0.3, -0.25) is 4.79 Å². The van der Waals surface area contributed by atoms with Gasteiger partial charge in [-0.1, -0.05) is 31.4 Å². The van der Waals surface area contributed by atoms with Gasteiger partial charge >= 0.3 is 0 Å². The quantitative estimate of drug-likeness (QED) is 0.856. The predicted molar refractivity (Wildman–Crippen MR) is 111 cm³/mol. The third-order valence-corrected chi connectivity index (χ3v) is 7.07. The van der Waals surface area contributed by atoms with Gasteiger partial charge < -0.3 is 19.5 Å². The molecule has 1 aromatic carbocycles. The number of nitrogens with one attached hydrogen (secondary N) is 1. The first-order valence-electron chi connectivity index (χ1n) is 10.9. The van der Waals surface area contributed by atoms with Crippen LogP contribution in [0, 0.1) is 5.92 Å². The number of rotatable bonds is 2. The van der Waals surface area contributed by atoms with E-state index in [0.29, 0.717) is 12.0 Å². The van der Waals surface area contributed by atoms with Gasteiger partial charge in [0.2, 0.25) is 0 Å². The molecule has 1 N–H and O–H groups in total. The van der Waals surface area contributed by atoms with Crippen molar-refractivity contribution in [2.45, 2.75) is 64.1 Å². The van der Waals surface area contributed by atoms with Crippen LogP contribution in [0.1, 0.15) is 62.4 Å². The molecule has 3 heterocycles. The van der Waals surface area contributed by atoms with Crippen LogP contribution < -0.4 is 10.1 Å². The van der Waals surface area contributed by atoms with E-state index in [1.165, 1.54) is 32.1 Å². The predicted octanol–water partition coefficient (Wildman–Crippen LogP) is 3.98. The fourth-order valence-corrected chi connectivity index (χ4v) is 5.64. The highest BCUT2D eigenvalue weighted by Crippen LogP contribution is 2.42. The highest BCUT2D eigenvalue weighted by Gasteiger charge is 2.35. The third-order valence-electron chi connectivity index (χ3n) is 7.07. The van der Waals surface area contributed by atoms with Crippen molar-refractivity contribution in [3.05, 3.63) is 30.0 Å². The number of benzene rings is 1. The average Bonchev–Trinajstić information content (AvgIpc) is 3.10. The molecule has 1 saturated carbocycles. The standard InChI is InChI=1S/C23H31N3O2/c1-15-11-24-12-16(2)26(15)23(27)19-13-25-20(17-7-4-3-5-8-17)14-28-21-10-6-9-18(19)22(21)25/h6,9-10,13,15-17,20,24H,3-5,7-8,11-12,14H2,1-2H3/t15-,16+,20-/m0/s1. The van der Waals surface area contributed by atoms with Gasteiger partial charge in [0.1, 0.15) is 12.4 Å². The topological polar surface area (TPSA) is 46.5 Å². The van der Waals surface area contributed by atoms with Crippen LogP contribution in [-0.4, -0.2) is 47.2 Å². The van der Waals surface area contributed by atoms with Crippen molar-refractivity contribution in [2.75, 3.05) is 19.7 Å². The van der Waals surface area contributed by atoms with Gasteiger partial charge in [0, 0.05) is 36.8 Å². The Balaban J connectivity index is 1.58. The second-order valence-corrected chi connectivity index (χ2v) is 8.95. The number of aromatic nitrogens is 1. The summed E-state index contributed by atoms with van der Waals surface area (Å²) >= 11 is 0. The summed E-state index contributed by atoms with van der Waals surface area (Å²) < 4.78 is 8.57. The zero-order valence-corrected chi connectivity index (χ0v) is 17.0. The second kappa shape index (κ2) is 7.11. The Bertz CT molecular complexity index is 873. The lowest BCUT2D eigenvalue weighted by molar-refractivity contribution is 0.0546. The molecule has 2 fully saturated rings. The van der Waals surface area contributed by atoms with E-state index in [2.05, 4.69) is 40.9 Å². The van der Waals surface area contributed by atoms with Gasteiger partial charge in [0.05, 0.1) is 17.1 Å². The van der Waals surface area contributed by atoms with Gasteiger partial charge in [-0.15, -0.1) is 0 Å². The van der Waals surface area contributed by atoms with Crippen molar-refractivity contribution in [3.63, 3.8) is 0 Å². The molecule has 1 aliphatic carbocycles. The van der Waals surface area contributed by atoms with Gasteiger partial charge in [0.25, 0.3) is 5.91 Å². The van der Waals surface area contributed by atoms with Gasteiger partial charge in [0.15, 0.2) is 0 Å². The van der Waals surface area contributed by atoms with Crippen molar-refractivity contribution < 1.29 is 9.53 Å². The minimum atomic E-state index is 0.159. The van der Waals surface area contributed by atoms with Gasteiger partial charge in [-0.25, -0.2) is 0 Å². The maximum absolute atomic E-state index is 13.6. The number of nitrogens with zero attached hydrogens (tertiary/aromatic N) is 2. The fraction of sp³-hybridized carbons (Fsp3) is 0.609. The molecule has 5 heteroatoms. The van der Waals surface area contributed by atoms with Crippen LogP contribution >= 0.6 is 0 Å². The zero-order chi connectivity index (χ0) is 19.3. The summed E-state index contributed by atoms with van der Waals surface area (Å²) in [5.74, 6) is 1.73.